The molecule has 0 saturated heterocycles. The number of nitrogens with zero attached hydrogens (tertiary/aromatic N) is 2. The van der Waals surface area contributed by atoms with Crippen molar-refractivity contribution in [1.82, 2.24) is 0 Å². The Morgan fingerprint density at radius 3 is 2.53 bits per heavy atom. The molecule has 19 heavy (non-hydrogen) atoms. The minimum atomic E-state index is -0.765. The largest absolute Gasteiger partial charge is 0.481 e. The van der Waals surface area contributed by atoms with Gasteiger partial charge in [0.05, 0.1) is 11.1 Å². The third-order valence-electron chi connectivity index (χ3n) is 2.66. The van der Waals surface area contributed by atoms with Crippen molar-refractivity contribution in [3.63, 3.8) is 0 Å². The Balaban J connectivity index is 2.36. The van der Waals surface area contributed by atoms with Gasteiger partial charge in [0.25, 0.3) is 0 Å². The fourth-order valence-corrected chi connectivity index (χ4v) is 1.65. The molecule has 0 unspecified atom stereocenters. The summed E-state index contributed by atoms with van der Waals surface area (Å²) >= 11 is 0. The fraction of sp³-hybridized carbons (Fsp3) is 0.357. The topological polar surface area (TPSA) is 96.9 Å². The molecule has 0 heterocycles. The summed E-state index contributed by atoms with van der Waals surface area (Å²) < 4.78 is 0. The SMILES string of the molecule is N#Cc1ccc(NCCCCCC(=O)O)cc1C#N. The van der Waals surface area contributed by atoms with E-state index in [-0.39, 0.29) is 6.42 Å². The summed E-state index contributed by atoms with van der Waals surface area (Å²) in [5.74, 6) is -0.765. The van der Waals surface area contributed by atoms with E-state index >= 15 is 0 Å². The van der Waals surface area contributed by atoms with E-state index in [9.17, 15) is 4.79 Å². The average molecular weight is 257 g/mol. The van der Waals surface area contributed by atoms with E-state index in [0.29, 0.717) is 17.5 Å². The van der Waals surface area contributed by atoms with E-state index in [4.69, 9.17) is 15.6 Å². The van der Waals surface area contributed by atoms with Crippen LogP contribution in [0.5, 0.6) is 0 Å². The number of carboxylic acid groups (broad SMARTS) is 1. The second-order valence-corrected chi connectivity index (χ2v) is 4.12. The maximum atomic E-state index is 10.3. The predicted octanol–water partition coefficient (Wildman–Crippen LogP) is 2.49. The Morgan fingerprint density at radius 1 is 1.16 bits per heavy atom. The van der Waals surface area contributed by atoms with E-state index in [1.165, 1.54) is 0 Å². The van der Waals surface area contributed by atoms with Gasteiger partial charge in [0.2, 0.25) is 0 Å². The first-order chi connectivity index (χ1) is 9.17. The summed E-state index contributed by atoms with van der Waals surface area (Å²) in [6, 6.07) is 8.97. The smallest absolute Gasteiger partial charge is 0.303 e. The van der Waals surface area contributed by atoms with Gasteiger partial charge in [-0.25, -0.2) is 0 Å². The summed E-state index contributed by atoms with van der Waals surface area (Å²) in [5, 5.41) is 29.3. The van der Waals surface area contributed by atoms with Gasteiger partial charge in [-0.15, -0.1) is 0 Å². The molecule has 5 heteroatoms. The summed E-state index contributed by atoms with van der Waals surface area (Å²) in [7, 11) is 0. The Bertz CT molecular complexity index is 526. The lowest BCUT2D eigenvalue weighted by Crippen LogP contribution is -2.02. The van der Waals surface area contributed by atoms with Gasteiger partial charge >= 0.3 is 5.97 Å². The van der Waals surface area contributed by atoms with Crippen LogP contribution in [-0.4, -0.2) is 17.6 Å². The number of rotatable bonds is 7. The average Bonchev–Trinajstić information content (AvgIpc) is 2.42. The van der Waals surface area contributed by atoms with Crippen LogP contribution in [0, 0.1) is 22.7 Å². The molecule has 2 N–H and O–H groups in total. The van der Waals surface area contributed by atoms with Crippen LogP contribution in [0.4, 0.5) is 5.69 Å². The van der Waals surface area contributed by atoms with Crippen molar-refractivity contribution in [2.75, 3.05) is 11.9 Å². The van der Waals surface area contributed by atoms with Crippen molar-refractivity contribution in [3.8, 4) is 12.1 Å². The number of hydrogen-bond donors (Lipinski definition) is 2. The second-order valence-electron chi connectivity index (χ2n) is 4.12. The normalized spacial score (nSPS) is 9.37. The molecule has 0 aliphatic rings. The van der Waals surface area contributed by atoms with E-state index in [1.807, 2.05) is 12.1 Å². The molecule has 98 valence electrons. The molecule has 0 radical (unpaired) electrons. The summed E-state index contributed by atoms with van der Waals surface area (Å²) in [6.45, 7) is 0.719. The summed E-state index contributed by atoms with van der Waals surface area (Å²) in [6.07, 6.45) is 2.60. The zero-order valence-corrected chi connectivity index (χ0v) is 10.5. The Kier molecular flexibility index (Phi) is 5.91. The molecular weight excluding hydrogens is 242 g/mol. The van der Waals surface area contributed by atoms with Crippen LogP contribution in [0.25, 0.3) is 0 Å². The van der Waals surface area contributed by atoms with Crippen LogP contribution in [0.2, 0.25) is 0 Å². The van der Waals surface area contributed by atoms with E-state index in [1.54, 1.807) is 18.2 Å². The highest BCUT2D eigenvalue weighted by atomic mass is 16.4. The molecule has 0 aliphatic heterocycles. The number of carbonyl (C=O) groups is 1. The molecule has 0 aromatic heterocycles. The fourth-order valence-electron chi connectivity index (χ4n) is 1.65. The van der Waals surface area contributed by atoms with Gasteiger partial charge in [0, 0.05) is 18.7 Å². The molecule has 0 bridgehead atoms. The van der Waals surface area contributed by atoms with Crippen LogP contribution < -0.4 is 5.32 Å². The highest BCUT2D eigenvalue weighted by molar-refractivity contribution is 5.66. The monoisotopic (exact) mass is 257 g/mol. The number of carboxylic acids is 1. The first-order valence-corrected chi connectivity index (χ1v) is 6.07. The van der Waals surface area contributed by atoms with Gasteiger partial charge in [-0.05, 0) is 31.0 Å². The molecular formula is C14H15N3O2. The lowest BCUT2D eigenvalue weighted by molar-refractivity contribution is -0.137. The van der Waals surface area contributed by atoms with Crippen LogP contribution in [-0.2, 0) is 4.79 Å². The number of hydrogen-bond acceptors (Lipinski definition) is 4. The Hall–Kier alpha value is -2.53. The van der Waals surface area contributed by atoms with Crippen molar-refractivity contribution >= 4 is 11.7 Å². The molecule has 0 fully saturated rings. The molecule has 1 aromatic rings. The van der Waals surface area contributed by atoms with Gasteiger partial charge in [0.15, 0.2) is 0 Å². The minimum Gasteiger partial charge on any atom is -0.481 e. The van der Waals surface area contributed by atoms with Gasteiger partial charge in [-0.3, -0.25) is 4.79 Å². The molecule has 0 aliphatic carbocycles. The van der Waals surface area contributed by atoms with Gasteiger partial charge in [0.1, 0.15) is 12.1 Å². The highest BCUT2D eigenvalue weighted by Crippen LogP contribution is 2.14. The number of nitriles is 2. The second kappa shape index (κ2) is 7.73. The Labute approximate surface area is 112 Å². The van der Waals surface area contributed by atoms with E-state index in [2.05, 4.69) is 5.32 Å². The Morgan fingerprint density at radius 2 is 1.89 bits per heavy atom. The number of unbranched alkanes of at least 4 members (excludes halogenated alkanes) is 2. The van der Waals surface area contributed by atoms with E-state index in [0.717, 1.165) is 25.1 Å². The van der Waals surface area contributed by atoms with Crippen molar-refractivity contribution in [2.24, 2.45) is 0 Å². The lowest BCUT2D eigenvalue weighted by atomic mass is 10.1. The maximum Gasteiger partial charge on any atom is 0.303 e. The number of anilines is 1. The molecule has 0 atom stereocenters. The quantitative estimate of drug-likeness (QED) is 0.731. The summed E-state index contributed by atoms with van der Waals surface area (Å²) in [4.78, 5) is 10.3. The standard InChI is InChI=1S/C14H15N3O2/c15-9-11-5-6-13(8-12(11)10-16)17-7-3-1-2-4-14(18)19/h5-6,8,17H,1-4,7H2,(H,18,19). The number of nitrogens with one attached hydrogen (secondary N) is 1. The molecule has 0 spiro atoms. The third kappa shape index (κ3) is 5.10. The van der Waals surface area contributed by atoms with Crippen LogP contribution in [0.15, 0.2) is 18.2 Å². The van der Waals surface area contributed by atoms with E-state index < -0.39 is 5.97 Å². The zero-order chi connectivity index (χ0) is 14.1. The van der Waals surface area contributed by atoms with Gasteiger partial charge < -0.3 is 10.4 Å². The van der Waals surface area contributed by atoms with Crippen LogP contribution >= 0.6 is 0 Å². The third-order valence-corrected chi connectivity index (χ3v) is 2.66. The maximum absolute atomic E-state index is 10.3. The minimum absolute atomic E-state index is 0.204. The molecule has 1 aromatic carbocycles. The van der Waals surface area contributed by atoms with Crippen molar-refractivity contribution in [2.45, 2.75) is 25.7 Å². The molecule has 0 saturated carbocycles. The molecule has 0 amide bonds. The lowest BCUT2D eigenvalue weighted by Gasteiger charge is -2.06. The molecule has 5 nitrogen and oxygen atoms in total. The predicted molar refractivity (Wildman–Crippen MR) is 70.5 cm³/mol. The van der Waals surface area contributed by atoms with Crippen molar-refractivity contribution < 1.29 is 9.90 Å². The van der Waals surface area contributed by atoms with Crippen LogP contribution in [0.1, 0.15) is 36.8 Å². The number of aliphatic carboxylic acids is 1. The van der Waals surface area contributed by atoms with Gasteiger partial charge in [-0.1, -0.05) is 6.42 Å². The van der Waals surface area contributed by atoms with Crippen molar-refractivity contribution in [3.05, 3.63) is 29.3 Å². The molecule has 1 rings (SSSR count). The van der Waals surface area contributed by atoms with Crippen LogP contribution in [0.3, 0.4) is 0 Å². The summed E-state index contributed by atoms with van der Waals surface area (Å²) in [5.41, 5.74) is 1.53. The first kappa shape index (κ1) is 14.5. The zero-order valence-electron chi connectivity index (χ0n) is 10.5. The number of benzene rings is 1. The highest BCUT2D eigenvalue weighted by Gasteiger charge is 2.02. The first-order valence-electron chi connectivity index (χ1n) is 6.07. The van der Waals surface area contributed by atoms with Crippen molar-refractivity contribution in [1.29, 1.82) is 10.5 Å². The van der Waals surface area contributed by atoms with Gasteiger partial charge in [-0.2, -0.15) is 10.5 Å².